The van der Waals surface area contributed by atoms with Gasteiger partial charge in [-0.2, -0.15) is 0 Å². The minimum atomic E-state index is -0.198. The number of nitrogens with one attached hydrogen (secondary N) is 1. The highest BCUT2D eigenvalue weighted by atomic mass is 16.5. The topological polar surface area (TPSA) is 69.6 Å². The van der Waals surface area contributed by atoms with Crippen molar-refractivity contribution in [3.63, 3.8) is 0 Å². The monoisotopic (exact) mass is 406 g/mol. The fraction of sp³-hybridized carbons (Fsp3) is 0.333. The van der Waals surface area contributed by atoms with Crippen LogP contribution in [0.4, 0.5) is 0 Å². The van der Waals surface area contributed by atoms with Crippen molar-refractivity contribution in [3.05, 3.63) is 69.6 Å². The molecule has 0 saturated heterocycles. The first-order chi connectivity index (χ1) is 14.6. The number of benzene rings is 2. The van der Waals surface area contributed by atoms with Crippen LogP contribution in [-0.4, -0.2) is 24.7 Å². The van der Waals surface area contributed by atoms with Gasteiger partial charge in [0.05, 0.1) is 31.2 Å². The Morgan fingerprint density at radius 2 is 1.83 bits per heavy atom. The highest BCUT2D eigenvalue weighted by Gasteiger charge is 2.24. The number of fused-ring (bicyclic) bond motifs is 2. The van der Waals surface area contributed by atoms with Crippen LogP contribution in [0.25, 0.3) is 10.8 Å². The Hall–Kier alpha value is -3.28. The summed E-state index contributed by atoms with van der Waals surface area (Å²) in [4.78, 5) is 26.3. The quantitative estimate of drug-likeness (QED) is 0.699. The summed E-state index contributed by atoms with van der Waals surface area (Å²) in [5, 5.41) is 4.19. The fourth-order valence-electron chi connectivity index (χ4n) is 4.27. The van der Waals surface area contributed by atoms with Crippen LogP contribution in [0.1, 0.15) is 47.3 Å². The molecule has 0 spiro atoms. The lowest BCUT2D eigenvalue weighted by Crippen LogP contribution is -2.32. The molecule has 6 heteroatoms. The lowest BCUT2D eigenvalue weighted by molar-refractivity contribution is 0.0933. The first-order valence-electron chi connectivity index (χ1n) is 10.2. The van der Waals surface area contributed by atoms with Gasteiger partial charge in [0.1, 0.15) is 0 Å². The molecule has 0 bridgehead atoms. The van der Waals surface area contributed by atoms with Crippen LogP contribution >= 0.6 is 0 Å². The molecule has 156 valence electrons. The molecule has 6 nitrogen and oxygen atoms in total. The molecule has 1 atom stereocenters. The van der Waals surface area contributed by atoms with Crippen molar-refractivity contribution < 1.29 is 14.3 Å². The number of pyridine rings is 1. The van der Waals surface area contributed by atoms with E-state index in [0.29, 0.717) is 34.4 Å². The summed E-state index contributed by atoms with van der Waals surface area (Å²) in [6, 6.07) is 11.6. The van der Waals surface area contributed by atoms with Gasteiger partial charge in [-0.1, -0.05) is 24.3 Å². The Balaban J connectivity index is 1.81. The first-order valence-corrected chi connectivity index (χ1v) is 10.2. The smallest absolute Gasteiger partial charge is 0.258 e. The summed E-state index contributed by atoms with van der Waals surface area (Å²) in [5.74, 6) is 0.746. The van der Waals surface area contributed by atoms with Crippen molar-refractivity contribution in [2.24, 2.45) is 0 Å². The number of hydrogen-bond donors (Lipinski definition) is 1. The summed E-state index contributed by atoms with van der Waals surface area (Å²) < 4.78 is 12.3. The Labute approximate surface area is 175 Å². The molecule has 4 rings (SSSR count). The Morgan fingerprint density at radius 3 is 2.53 bits per heavy atom. The average molecular weight is 406 g/mol. The van der Waals surface area contributed by atoms with E-state index in [4.69, 9.17) is 9.47 Å². The molecule has 1 aliphatic rings. The second kappa shape index (κ2) is 8.22. The van der Waals surface area contributed by atoms with E-state index in [1.807, 2.05) is 19.1 Å². The summed E-state index contributed by atoms with van der Waals surface area (Å²) in [7, 11) is 3.06. The molecule has 1 heterocycles. The van der Waals surface area contributed by atoms with E-state index in [-0.39, 0.29) is 17.5 Å². The minimum absolute atomic E-state index is 0.0420. The van der Waals surface area contributed by atoms with Crippen molar-refractivity contribution in [1.82, 2.24) is 9.88 Å². The van der Waals surface area contributed by atoms with Crippen molar-refractivity contribution >= 4 is 16.7 Å². The van der Waals surface area contributed by atoms with Crippen molar-refractivity contribution in [1.29, 1.82) is 0 Å². The lowest BCUT2D eigenvalue weighted by Gasteiger charge is -2.26. The highest BCUT2D eigenvalue weighted by molar-refractivity contribution is 6.07. The summed E-state index contributed by atoms with van der Waals surface area (Å²) in [6.45, 7) is 2.35. The first kappa shape index (κ1) is 20.0. The maximum Gasteiger partial charge on any atom is 0.258 e. The minimum Gasteiger partial charge on any atom is -0.493 e. The van der Waals surface area contributed by atoms with Crippen molar-refractivity contribution in [2.45, 2.75) is 38.8 Å². The zero-order valence-corrected chi connectivity index (χ0v) is 17.5. The Kier molecular flexibility index (Phi) is 5.48. The van der Waals surface area contributed by atoms with Gasteiger partial charge >= 0.3 is 0 Å². The van der Waals surface area contributed by atoms with Crippen LogP contribution in [0.3, 0.4) is 0 Å². The number of methoxy groups -OCH3 is 2. The number of rotatable bonds is 5. The molecule has 1 amide bonds. The van der Waals surface area contributed by atoms with Gasteiger partial charge in [0.2, 0.25) is 0 Å². The molecular weight excluding hydrogens is 380 g/mol. The van der Waals surface area contributed by atoms with Gasteiger partial charge in [-0.05, 0) is 49.4 Å². The van der Waals surface area contributed by atoms with Gasteiger partial charge in [-0.25, -0.2) is 0 Å². The van der Waals surface area contributed by atoms with Gasteiger partial charge in [-0.15, -0.1) is 0 Å². The largest absolute Gasteiger partial charge is 0.493 e. The molecule has 1 aliphatic carbocycles. The maximum absolute atomic E-state index is 13.4. The number of carbonyl (C=O) groups is 1. The van der Waals surface area contributed by atoms with Gasteiger partial charge in [0, 0.05) is 18.1 Å². The SMILES string of the molecule is CCn1cc(C(=O)NC2CCCc3ccccc32)c2cc(OC)c(OC)cc2c1=O. The van der Waals surface area contributed by atoms with E-state index in [1.54, 1.807) is 22.9 Å². The molecule has 1 aromatic heterocycles. The molecule has 2 aromatic carbocycles. The van der Waals surface area contributed by atoms with E-state index in [0.717, 1.165) is 19.3 Å². The predicted molar refractivity (Wildman–Crippen MR) is 117 cm³/mol. The van der Waals surface area contributed by atoms with Gasteiger partial charge in [-0.3, -0.25) is 9.59 Å². The fourth-order valence-corrected chi connectivity index (χ4v) is 4.27. The Morgan fingerprint density at radius 1 is 1.13 bits per heavy atom. The van der Waals surface area contributed by atoms with E-state index in [2.05, 4.69) is 17.4 Å². The van der Waals surface area contributed by atoms with Gasteiger partial charge in [0.25, 0.3) is 11.5 Å². The Bertz CT molecular complexity index is 1170. The van der Waals surface area contributed by atoms with Crippen LogP contribution < -0.4 is 20.3 Å². The summed E-state index contributed by atoms with van der Waals surface area (Å²) >= 11 is 0. The highest BCUT2D eigenvalue weighted by Crippen LogP contribution is 2.33. The van der Waals surface area contributed by atoms with Gasteiger partial charge < -0.3 is 19.4 Å². The number of nitrogens with zero attached hydrogens (tertiary/aromatic N) is 1. The van der Waals surface area contributed by atoms with Crippen LogP contribution in [-0.2, 0) is 13.0 Å². The molecule has 30 heavy (non-hydrogen) atoms. The molecule has 0 aliphatic heterocycles. The number of hydrogen-bond acceptors (Lipinski definition) is 4. The maximum atomic E-state index is 13.4. The van der Waals surface area contributed by atoms with E-state index in [1.165, 1.54) is 25.3 Å². The third kappa shape index (κ3) is 3.43. The number of aryl methyl sites for hydroxylation is 2. The second-order valence-electron chi connectivity index (χ2n) is 7.50. The molecule has 0 radical (unpaired) electrons. The van der Waals surface area contributed by atoms with Crippen LogP contribution in [0, 0.1) is 0 Å². The zero-order valence-electron chi connectivity index (χ0n) is 17.5. The normalized spacial score (nSPS) is 15.5. The molecule has 1 unspecified atom stereocenters. The summed E-state index contributed by atoms with van der Waals surface area (Å²) in [5.41, 5.74) is 2.75. The second-order valence-corrected chi connectivity index (χ2v) is 7.50. The van der Waals surface area contributed by atoms with Crippen molar-refractivity contribution in [2.75, 3.05) is 14.2 Å². The van der Waals surface area contributed by atoms with Gasteiger partial charge in [0.15, 0.2) is 11.5 Å². The standard InChI is InChI=1S/C24H26N2O4/c1-4-26-14-19(17-12-21(29-2)22(30-3)13-18(17)24(26)28)23(27)25-20-11-7-9-15-8-5-6-10-16(15)20/h5-6,8,10,12-14,20H,4,7,9,11H2,1-3H3,(H,25,27). The molecular formula is C24H26N2O4. The number of ether oxygens (including phenoxy) is 2. The molecule has 3 aromatic rings. The predicted octanol–water partition coefficient (Wildman–Crippen LogP) is 3.85. The van der Waals surface area contributed by atoms with Crippen molar-refractivity contribution in [3.8, 4) is 11.5 Å². The summed E-state index contributed by atoms with van der Waals surface area (Å²) in [6.07, 6.45) is 4.59. The van der Waals surface area contributed by atoms with E-state index < -0.39 is 0 Å². The van der Waals surface area contributed by atoms with Crippen LogP contribution in [0.15, 0.2) is 47.4 Å². The van der Waals surface area contributed by atoms with E-state index in [9.17, 15) is 9.59 Å². The van der Waals surface area contributed by atoms with E-state index >= 15 is 0 Å². The number of amides is 1. The number of aromatic nitrogens is 1. The zero-order chi connectivity index (χ0) is 21.3. The third-order valence-corrected chi connectivity index (χ3v) is 5.85. The molecule has 1 N–H and O–H groups in total. The molecule has 0 fully saturated rings. The number of carbonyl (C=O) groups excluding carboxylic acids is 1. The average Bonchev–Trinajstić information content (AvgIpc) is 2.78. The molecule has 0 saturated carbocycles. The third-order valence-electron chi connectivity index (χ3n) is 5.85. The lowest BCUT2D eigenvalue weighted by atomic mass is 9.87. The van der Waals surface area contributed by atoms with Crippen LogP contribution in [0.5, 0.6) is 11.5 Å². The van der Waals surface area contributed by atoms with Crippen LogP contribution in [0.2, 0.25) is 0 Å².